The van der Waals surface area contributed by atoms with Crippen LogP contribution in [0.15, 0.2) is 48.5 Å². The molecule has 2 aromatic rings. The van der Waals surface area contributed by atoms with Gasteiger partial charge in [-0.05, 0) is 49.3 Å². The maximum Gasteiger partial charge on any atom is 0.119 e. The molecule has 2 rings (SSSR count). The van der Waals surface area contributed by atoms with E-state index in [1.165, 1.54) is 16.7 Å². The third-order valence-electron chi connectivity index (χ3n) is 3.23. The van der Waals surface area contributed by atoms with Crippen molar-refractivity contribution in [2.75, 3.05) is 27.7 Å². The maximum absolute atomic E-state index is 5.31. The Bertz CT molecular complexity index is 540. The number of benzene rings is 2. The lowest BCUT2D eigenvalue weighted by atomic mass is 9.97. The van der Waals surface area contributed by atoms with Crippen molar-refractivity contribution in [1.29, 1.82) is 0 Å². The van der Waals surface area contributed by atoms with E-state index in [9.17, 15) is 0 Å². The number of ether oxygens (including phenoxy) is 1. The van der Waals surface area contributed by atoms with E-state index in [4.69, 9.17) is 4.74 Å². The molecule has 0 saturated carbocycles. The molecule has 0 aromatic heterocycles. The molecule has 0 heterocycles. The van der Waals surface area contributed by atoms with Crippen LogP contribution >= 0.6 is 12.4 Å². The Balaban J connectivity index is 0.00000200. The van der Waals surface area contributed by atoms with Crippen LogP contribution in [0.1, 0.15) is 5.56 Å². The summed E-state index contributed by atoms with van der Waals surface area (Å²) in [6.07, 6.45) is 1.06. The highest BCUT2D eigenvalue weighted by Crippen LogP contribution is 2.27. The van der Waals surface area contributed by atoms with Gasteiger partial charge in [-0.15, -0.1) is 12.4 Å². The second-order valence-electron chi connectivity index (χ2n) is 4.94. The molecule has 0 radical (unpaired) electrons. The first-order valence-corrected chi connectivity index (χ1v) is 6.58. The summed E-state index contributed by atoms with van der Waals surface area (Å²) in [5.74, 6) is 0.903. The van der Waals surface area contributed by atoms with Crippen molar-refractivity contribution in [2.45, 2.75) is 6.42 Å². The zero-order chi connectivity index (χ0) is 13.7. The van der Waals surface area contributed by atoms with Crippen LogP contribution in [-0.4, -0.2) is 32.6 Å². The first-order valence-electron chi connectivity index (χ1n) is 6.58. The van der Waals surface area contributed by atoms with E-state index in [0.29, 0.717) is 0 Å². The first kappa shape index (κ1) is 16.5. The number of hydrogen-bond acceptors (Lipinski definition) is 2. The average molecular weight is 292 g/mol. The van der Waals surface area contributed by atoms with Crippen molar-refractivity contribution in [3.05, 3.63) is 54.1 Å². The molecule has 20 heavy (non-hydrogen) atoms. The quantitative estimate of drug-likeness (QED) is 0.829. The fourth-order valence-corrected chi connectivity index (χ4v) is 2.15. The highest BCUT2D eigenvalue weighted by atomic mass is 35.5. The fourth-order valence-electron chi connectivity index (χ4n) is 2.15. The van der Waals surface area contributed by atoms with Gasteiger partial charge in [-0.25, -0.2) is 0 Å². The summed E-state index contributed by atoms with van der Waals surface area (Å²) in [6, 6.07) is 16.8. The molecule has 0 unspecified atom stereocenters. The Labute approximate surface area is 127 Å². The molecule has 2 aromatic carbocycles. The molecule has 0 fully saturated rings. The van der Waals surface area contributed by atoms with Gasteiger partial charge in [0.15, 0.2) is 0 Å². The van der Waals surface area contributed by atoms with Crippen LogP contribution < -0.4 is 4.74 Å². The standard InChI is InChI=1S/C17H21NO.ClH/c1-18(2)12-11-14-7-4-5-10-17(14)15-8-6-9-16(13-15)19-3;/h4-10,13H,11-12H2,1-3H3;1H. The minimum absolute atomic E-state index is 0. The van der Waals surface area contributed by atoms with Crippen molar-refractivity contribution in [3.63, 3.8) is 0 Å². The molecule has 0 spiro atoms. The molecule has 0 aliphatic heterocycles. The van der Waals surface area contributed by atoms with Gasteiger partial charge in [-0.2, -0.15) is 0 Å². The highest BCUT2D eigenvalue weighted by Gasteiger charge is 2.05. The predicted octanol–water partition coefficient (Wildman–Crippen LogP) is 3.89. The van der Waals surface area contributed by atoms with E-state index in [2.05, 4.69) is 55.4 Å². The topological polar surface area (TPSA) is 12.5 Å². The Morgan fingerprint density at radius 3 is 2.45 bits per heavy atom. The summed E-state index contributed by atoms with van der Waals surface area (Å²) >= 11 is 0. The molecule has 0 aliphatic carbocycles. The molecular formula is C17H22ClNO. The lowest BCUT2D eigenvalue weighted by Gasteiger charge is -2.13. The zero-order valence-corrected chi connectivity index (χ0v) is 13.1. The number of nitrogens with zero attached hydrogens (tertiary/aromatic N) is 1. The van der Waals surface area contributed by atoms with Gasteiger partial charge >= 0.3 is 0 Å². The minimum Gasteiger partial charge on any atom is -0.497 e. The molecular weight excluding hydrogens is 270 g/mol. The number of methoxy groups -OCH3 is 1. The van der Waals surface area contributed by atoms with Crippen molar-refractivity contribution in [1.82, 2.24) is 4.90 Å². The van der Waals surface area contributed by atoms with Crippen molar-refractivity contribution in [3.8, 4) is 16.9 Å². The minimum atomic E-state index is 0. The van der Waals surface area contributed by atoms with Gasteiger partial charge in [0.25, 0.3) is 0 Å². The van der Waals surface area contributed by atoms with Crippen molar-refractivity contribution in [2.24, 2.45) is 0 Å². The van der Waals surface area contributed by atoms with Crippen molar-refractivity contribution < 1.29 is 4.74 Å². The van der Waals surface area contributed by atoms with Crippen LogP contribution in [0.25, 0.3) is 11.1 Å². The first-order chi connectivity index (χ1) is 9.20. The maximum atomic E-state index is 5.31. The summed E-state index contributed by atoms with van der Waals surface area (Å²) in [6.45, 7) is 1.06. The number of hydrogen-bond donors (Lipinski definition) is 0. The predicted molar refractivity (Wildman–Crippen MR) is 87.9 cm³/mol. The third-order valence-corrected chi connectivity index (χ3v) is 3.23. The molecule has 0 N–H and O–H groups in total. The van der Waals surface area contributed by atoms with E-state index in [0.717, 1.165) is 18.7 Å². The van der Waals surface area contributed by atoms with Gasteiger partial charge in [0.1, 0.15) is 5.75 Å². The van der Waals surface area contributed by atoms with Gasteiger partial charge in [0.05, 0.1) is 7.11 Å². The molecule has 0 amide bonds. The average Bonchev–Trinajstić information content (AvgIpc) is 2.45. The van der Waals surface area contributed by atoms with Crippen LogP contribution in [-0.2, 0) is 6.42 Å². The van der Waals surface area contributed by atoms with Crippen LogP contribution in [0.2, 0.25) is 0 Å². The van der Waals surface area contributed by atoms with Crippen LogP contribution in [0.5, 0.6) is 5.75 Å². The van der Waals surface area contributed by atoms with Gasteiger partial charge < -0.3 is 9.64 Å². The second-order valence-corrected chi connectivity index (χ2v) is 4.94. The van der Waals surface area contributed by atoms with Gasteiger partial charge in [0.2, 0.25) is 0 Å². The highest BCUT2D eigenvalue weighted by molar-refractivity contribution is 5.85. The van der Waals surface area contributed by atoms with Gasteiger partial charge in [0, 0.05) is 6.54 Å². The van der Waals surface area contributed by atoms with Crippen LogP contribution in [0.4, 0.5) is 0 Å². The summed E-state index contributed by atoms with van der Waals surface area (Å²) in [5, 5.41) is 0. The zero-order valence-electron chi connectivity index (χ0n) is 12.3. The molecule has 0 bridgehead atoms. The van der Waals surface area contributed by atoms with E-state index in [1.54, 1.807) is 7.11 Å². The SMILES string of the molecule is COc1cccc(-c2ccccc2CCN(C)C)c1.Cl. The summed E-state index contributed by atoms with van der Waals surface area (Å²) in [4.78, 5) is 2.21. The smallest absolute Gasteiger partial charge is 0.119 e. The Morgan fingerprint density at radius 2 is 1.75 bits per heavy atom. The van der Waals surface area contributed by atoms with Crippen LogP contribution in [0, 0.1) is 0 Å². The lowest BCUT2D eigenvalue weighted by molar-refractivity contribution is 0.413. The van der Waals surface area contributed by atoms with E-state index < -0.39 is 0 Å². The largest absolute Gasteiger partial charge is 0.497 e. The van der Waals surface area contributed by atoms with Gasteiger partial charge in [-0.1, -0.05) is 36.4 Å². The molecule has 0 saturated heterocycles. The second kappa shape index (κ2) is 7.93. The fraction of sp³-hybridized carbons (Fsp3) is 0.294. The summed E-state index contributed by atoms with van der Waals surface area (Å²) < 4.78 is 5.31. The summed E-state index contributed by atoms with van der Waals surface area (Å²) in [5.41, 5.74) is 3.89. The summed E-state index contributed by atoms with van der Waals surface area (Å²) in [7, 11) is 5.92. The Morgan fingerprint density at radius 1 is 1.00 bits per heavy atom. The molecule has 0 atom stereocenters. The Kier molecular flexibility index (Phi) is 6.56. The molecule has 0 aliphatic rings. The number of rotatable bonds is 5. The lowest BCUT2D eigenvalue weighted by Crippen LogP contribution is -2.15. The Hall–Kier alpha value is -1.51. The number of likely N-dealkylation sites (N-methyl/N-ethyl adjacent to an activating group) is 1. The number of halogens is 1. The van der Waals surface area contributed by atoms with Crippen LogP contribution in [0.3, 0.4) is 0 Å². The molecule has 108 valence electrons. The third kappa shape index (κ3) is 4.26. The van der Waals surface area contributed by atoms with E-state index in [1.807, 2.05) is 12.1 Å². The van der Waals surface area contributed by atoms with E-state index in [-0.39, 0.29) is 12.4 Å². The van der Waals surface area contributed by atoms with E-state index >= 15 is 0 Å². The molecule has 2 nitrogen and oxygen atoms in total. The van der Waals surface area contributed by atoms with Crippen molar-refractivity contribution >= 4 is 12.4 Å². The van der Waals surface area contributed by atoms with Gasteiger partial charge in [-0.3, -0.25) is 0 Å². The normalized spacial score (nSPS) is 10.2. The molecule has 3 heteroatoms. The monoisotopic (exact) mass is 291 g/mol.